The quantitative estimate of drug-likeness (QED) is 0.772. The Morgan fingerprint density at radius 2 is 1.78 bits per heavy atom. The van der Waals surface area contributed by atoms with Crippen LogP contribution >= 0.6 is 0 Å². The van der Waals surface area contributed by atoms with Gasteiger partial charge >= 0.3 is 0 Å². The van der Waals surface area contributed by atoms with Crippen molar-refractivity contribution in [2.75, 3.05) is 13.2 Å². The highest BCUT2D eigenvalue weighted by Gasteiger charge is 2.25. The van der Waals surface area contributed by atoms with Crippen molar-refractivity contribution in [1.29, 1.82) is 0 Å². The highest BCUT2D eigenvalue weighted by Crippen LogP contribution is 2.41. The van der Waals surface area contributed by atoms with Crippen LogP contribution in [0, 0.1) is 13.8 Å². The Morgan fingerprint density at radius 3 is 2.44 bits per heavy atom. The standard InChI is InChI=1S/C21H24N4O2/c1-12-9-16(14-3-4-14)10-13(2)18(12)25-11-17-20(24-25)22-19(23-21(17)26)15-5-7-27-8-6-15/h9-11,14-15H,3-8H2,1-2H3,(H,22,23,24,26). The molecule has 140 valence electrons. The van der Waals surface area contributed by atoms with E-state index < -0.39 is 0 Å². The van der Waals surface area contributed by atoms with E-state index in [9.17, 15) is 4.79 Å². The number of aromatic nitrogens is 4. The monoisotopic (exact) mass is 364 g/mol. The van der Waals surface area contributed by atoms with E-state index in [1.165, 1.54) is 29.5 Å². The van der Waals surface area contributed by atoms with Crippen LogP contribution in [0.5, 0.6) is 0 Å². The van der Waals surface area contributed by atoms with Gasteiger partial charge in [0.05, 0.1) is 5.69 Å². The van der Waals surface area contributed by atoms with Crippen LogP contribution in [0.1, 0.15) is 60.0 Å². The van der Waals surface area contributed by atoms with Gasteiger partial charge in [0.15, 0.2) is 5.65 Å². The van der Waals surface area contributed by atoms with Gasteiger partial charge in [-0.25, -0.2) is 9.67 Å². The minimum Gasteiger partial charge on any atom is -0.381 e. The Hall–Kier alpha value is -2.47. The van der Waals surface area contributed by atoms with Gasteiger partial charge in [0, 0.05) is 25.3 Å². The summed E-state index contributed by atoms with van der Waals surface area (Å²) in [6.07, 6.45) is 6.16. The molecule has 2 aromatic heterocycles. The van der Waals surface area contributed by atoms with Crippen LogP contribution in [-0.2, 0) is 4.74 Å². The van der Waals surface area contributed by atoms with Crippen LogP contribution in [0.15, 0.2) is 23.1 Å². The van der Waals surface area contributed by atoms with Gasteiger partial charge in [-0.1, -0.05) is 12.1 Å². The average Bonchev–Trinajstić information content (AvgIpc) is 3.42. The summed E-state index contributed by atoms with van der Waals surface area (Å²) in [5, 5.41) is 5.20. The Kier molecular flexibility index (Phi) is 3.90. The second-order valence-corrected chi connectivity index (χ2v) is 7.93. The van der Waals surface area contributed by atoms with Crippen molar-refractivity contribution >= 4 is 11.0 Å². The first kappa shape index (κ1) is 16.7. The summed E-state index contributed by atoms with van der Waals surface area (Å²) >= 11 is 0. The molecular weight excluding hydrogens is 340 g/mol. The molecule has 1 N–H and O–H groups in total. The molecule has 3 aromatic rings. The fourth-order valence-electron chi connectivity index (χ4n) is 4.22. The predicted molar refractivity (Wildman–Crippen MR) is 104 cm³/mol. The SMILES string of the molecule is Cc1cc(C2CC2)cc(C)c1-n1cc2c(=O)[nH]c(C3CCOCC3)nc2n1. The second-order valence-electron chi connectivity index (χ2n) is 7.93. The van der Waals surface area contributed by atoms with E-state index in [4.69, 9.17) is 4.74 Å². The van der Waals surface area contributed by atoms with Gasteiger partial charge in [-0.2, -0.15) is 0 Å². The molecular formula is C21H24N4O2. The summed E-state index contributed by atoms with van der Waals surface area (Å²) in [4.78, 5) is 20.3. The Bertz CT molecular complexity index is 1050. The molecule has 0 bridgehead atoms. The lowest BCUT2D eigenvalue weighted by molar-refractivity contribution is 0.0836. The van der Waals surface area contributed by atoms with Gasteiger partial charge < -0.3 is 9.72 Å². The number of H-pyrrole nitrogens is 1. The number of benzene rings is 1. The largest absolute Gasteiger partial charge is 0.381 e. The van der Waals surface area contributed by atoms with Crippen LogP contribution in [0.25, 0.3) is 16.7 Å². The van der Waals surface area contributed by atoms with Gasteiger partial charge in [-0.15, -0.1) is 5.10 Å². The van der Waals surface area contributed by atoms with Gasteiger partial charge in [0.2, 0.25) is 0 Å². The van der Waals surface area contributed by atoms with Gasteiger partial charge in [-0.3, -0.25) is 4.79 Å². The van der Waals surface area contributed by atoms with Gasteiger partial charge in [-0.05, 0) is 62.1 Å². The number of fused-ring (bicyclic) bond motifs is 1. The summed E-state index contributed by atoms with van der Waals surface area (Å²) in [7, 11) is 0. The first-order valence-electron chi connectivity index (χ1n) is 9.79. The summed E-state index contributed by atoms with van der Waals surface area (Å²) in [6, 6.07) is 4.52. The maximum atomic E-state index is 12.6. The molecule has 0 unspecified atom stereocenters. The van der Waals surface area contributed by atoms with E-state index in [-0.39, 0.29) is 11.5 Å². The molecule has 1 aromatic carbocycles. The second kappa shape index (κ2) is 6.30. The molecule has 6 heteroatoms. The van der Waals surface area contributed by atoms with Gasteiger partial charge in [0.25, 0.3) is 5.56 Å². The minimum absolute atomic E-state index is 0.113. The smallest absolute Gasteiger partial charge is 0.262 e. The molecule has 0 spiro atoms. The van der Waals surface area contributed by atoms with E-state index in [1.54, 1.807) is 6.20 Å². The molecule has 1 saturated heterocycles. The van der Waals surface area contributed by atoms with Crippen molar-refractivity contribution in [3.8, 4) is 5.69 Å². The highest BCUT2D eigenvalue weighted by molar-refractivity contribution is 5.73. The van der Waals surface area contributed by atoms with Crippen molar-refractivity contribution in [2.45, 2.75) is 51.4 Å². The lowest BCUT2D eigenvalue weighted by atomic mass is 9.99. The van der Waals surface area contributed by atoms with Crippen molar-refractivity contribution in [1.82, 2.24) is 19.7 Å². The molecule has 0 atom stereocenters. The molecule has 3 heterocycles. The maximum absolute atomic E-state index is 12.6. The third-order valence-electron chi connectivity index (χ3n) is 5.81. The van der Waals surface area contributed by atoms with E-state index in [0.29, 0.717) is 24.2 Å². The third kappa shape index (κ3) is 2.98. The first-order valence-corrected chi connectivity index (χ1v) is 9.79. The molecule has 1 aliphatic heterocycles. The zero-order valence-electron chi connectivity index (χ0n) is 15.8. The van der Waals surface area contributed by atoms with Crippen molar-refractivity contribution in [3.63, 3.8) is 0 Å². The molecule has 5 rings (SSSR count). The van der Waals surface area contributed by atoms with Crippen LogP contribution in [0.2, 0.25) is 0 Å². The maximum Gasteiger partial charge on any atom is 0.262 e. The summed E-state index contributed by atoms with van der Waals surface area (Å²) in [5.74, 6) is 1.69. The summed E-state index contributed by atoms with van der Waals surface area (Å²) in [5.41, 5.74) is 5.24. The molecule has 1 saturated carbocycles. The molecule has 0 amide bonds. The number of hydrogen-bond acceptors (Lipinski definition) is 4. The van der Waals surface area contributed by atoms with Crippen molar-refractivity contribution < 1.29 is 4.74 Å². The molecule has 0 radical (unpaired) electrons. The molecule has 2 fully saturated rings. The summed E-state index contributed by atoms with van der Waals surface area (Å²) in [6.45, 7) is 5.66. The topological polar surface area (TPSA) is 72.8 Å². The lowest BCUT2D eigenvalue weighted by Crippen LogP contribution is -2.20. The Morgan fingerprint density at radius 1 is 1.07 bits per heavy atom. The van der Waals surface area contributed by atoms with Crippen LogP contribution in [0.4, 0.5) is 0 Å². The first-order chi connectivity index (χ1) is 13.1. The fraction of sp³-hybridized carbons (Fsp3) is 0.476. The van der Waals surface area contributed by atoms with Crippen molar-refractivity contribution in [3.05, 3.63) is 51.2 Å². The number of ether oxygens (including phenoxy) is 1. The van der Waals surface area contributed by atoms with Crippen LogP contribution in [-0.4, -0.2) is 33.0 Å². The summed E-state index contributed by atoms with van der Waals surface area (Å²) < 4.78 is 7.24. The van der Waals surface area contributed by atoms with Crippen molar-refractivity contribution in [2.24, 2.45) is 0 Å². The highest BCUT2D eigenvalue weighted by atomic mass is 16.5. The van der Waals surface area contributed by atoms with Gasteiger partial charge in [0.1, 0.15) is 11.2 Å². The Balaban J connectivity index is 1.58. The lowest BCUT2D eigenvalue weighted by Gasteiger charge is -2.20. The molecule has 2 aliphatic rings. The predicted octanol–water partition coefficient (Wildman–Crippen LogP) is 3.50. The molecule has 1 aliphatic carbocycles. The third-order valence-corrected chi connectivity index (χ3v) is 5.81. The zero-order chi connectivity index (χ0) is 18.5. The number of nitrogens with zero attached hydrogens (tertiary/aromatic N) is 3. The average molecular weight is 364 g/mol. The molecule has 27 heavy (non-hydrogen) atoms. The number of nitrogens with one attached hydrogen (secondary N) is 1. The van der Waals surface area contributed by atoms with E-state index >= 15 is 0 Å². The Labute approximate surface area is 157 Å². The number of aryl methyl sites for hydroxylation is 2. The zero-order valence-corrected chi connectivity index (χ0v) is 15.8. The normalized spacial score (nSPS) is 18.3. The molecule has 6 nitrogen and oxygen atoms in total. The van der Waals surface area contributed by atoms with E-state index in [0.717, 1.165) is 30.3 Å². The van der Waals surface area contributed by atoms with E-state index in [2.05, 4.69) is 41.0 Å². The number of hydrogen-bond donors (Lipinski definition) is 1. The van der Waals surface area contributed by atoms with Crippen LogP contribution in [0.3, 0.4) is 0 Å². The van der Waals surface area contributed by atoms with E-state index in [1.807, 2.05) is 4.68 Å². The fourth-order valence-corrected chi connectivity index (χ4v) is 4.22. The van der Waals surface area contributed by atoms with Crippen LogP contribution < -0.4 is 5.56 Å². The number of aromatic amines is 1. The minimum atomic E-state index is -0.113. The number of rotatable bonds is 3.